The molecule has 0 bridgehead atoms. The second kappa shape index (κ2) is 7.05. The highest BCUT2D eigenvalue weighted by molar-refractivity contribution is 7.13. The highest BCUT2D eigenvalue weighted by Crippen LogP contribution is 2.37. The lowest BCUT2D eigenvalue weighted by Gasteiger charge is -2.41. The van der Waals surface area contributed by atoms with Crippen molar-refractivity contribution in [3.63, 3.8) is 0 Å². The molecule has 1 aliphatic heterocycles. The number of ether oxygens (including phenoxy) is 1. The van der Waals surface area contributed by atoms with Crippen LogP contribution in [-0.4, -0.2) is 41.2 Å². The van der Waals surface area contributed by atoms with E-state index in [1.807, 2.05) is 40.7 Å². The average molecular weight is 367 g/mol. The summed E-state index contributed by atoms with van der Waals surface area (Å²) in [6, 6.07) is 12.3. The van der Waals surface area contributed by atoms with Crippen LogP contribution >= 0.6 is 11.3 Å². The van der Waals surface area contributed by atoms with Gasteiger partial charge in [-0.15, -0.1) is 11.3 Å². The molecule has 0 saturated carbocycles. The van der Waals surface area contributed by atoms with Crippen LogP contribution < -0.4 is 0 Å². The highest BCUT2D eigenvalue weighted by Gasteiger charge is 2.37. The number of aromatic nitrogens is 2. The Morgan fingerprint density at radius 2 is 2.04 bits per heavy atom. The van der Waals surface area contributed by atoms with Crippen LogP contribution in [0.3, 0.4) is 0 Å². The Morgan fingerprint density at radius 3 is 2.69 bits per heavy atom. The van der Waals surface area contributed by atoms with Gasteiger partial charge >= 0.3 is 0 Å². The summed E-state index contributed by atoms with van der Waals surface area (Å²) < 4.78 is 5.91. The van der Waals surface area contributed by atoms with Crippen molar-refractivity contribution in [3.05, 3.63) is 65.3 Å². The molecule has 0 aliphatic carbocycles. The average Bonchev–Trinajstić information content (AvgIpc) is 3.40. The molecule has 1 amide bonds. The Morgan fingerprint density at radius 1 is 1.27 bits per heavy atom. The lowest BCUT2D eigenvalue weighted by Crippen LogP contribution is -2.46. The fourth-order valence-electron chi connectivity index (χ4n) is 3.59. The van der Waals surface area contributed by atoms with Gasteiger partial charge in [0.15, 0.2) is 0 Å². The van der Waals surface area contributed by atoms with Crippen LogP contribution in [0.1, 0.15) is 28.8 Å². The van der Waals surface area contributed by atoms with Gasteiger partial charge in [-0.25, -0.2) is 0 Å². The van der Waals surface area contributed by atoms with Crippen molar-refractivity contribution < 1.29 is 9.53 Å². The molecule has 1 saturated heterocycles. The molecule has 6 heteroatoms. The van der Waals surface area contributed by atoms with Gasteiger partial charge in [0.05, 0.1) is 17.4 Å². The van der Waals surface area contributed by atoms with Crippen molar-refractivity contribution >= 4 is 17.2 Å². The zero-order chi connectivity index (χ0) is 18.0. The maximum Gasteiger partial charge on any atom is 0.254 e. The molecule has 4 rings (SSSR count). The molecule has 0 unspecified atom stereocenters. The van der Waals surface area contributed by atoms with Crippen LogP contribution in [0.25, 0.3) is 10.4 Å². The first-order valence-electron chi connectivity index (χ1n) is 8.69. The Labute approximate surface area is 156 Å². The molecule has 0 spiro atoms. The maximum absolute atomic E-state index is 12.9. The highest BCUT2D eigenvalue weighted by atomic mass is 32.1. The number of likely N-dealkylation sites (tertiary alicyclic amines) is 1. The van der Waals surface area contributed by atoms with E-state index in [1.54, 1.807) is 24.6 Å². The third kappa shape index (κ3) is 3.06. The van der Waals surface area contributed by atoms with E-state index in [1.165, 1.54) is 5.56 Å². The first kappa shape index (κ1) is 17.0. The number of thiophene rings is 1. The number of aromatic amines is 1. The molecule has 0 radical (unpaired) electrons. The minimum absolute atomic E-state index is 0.0914. The van der Waals surface area contributed by atoms with Crippen LogP contribution in [0.15, 0.2) is 54.2 Å². The van der Waals surface area contributed by atoms with Gasteiger partial charge in [0.25, 0.3) is 5.91 Å². The SMILES string of the molecule is COC1(c2ccccc2)CCN(C(=O)c2csc(-c3cn[nH]c3)c2)CC1. The number of methoxy groups -OCH3 is 1. The topological polar surface area (TPSA) is 58.2 Å². The van der Waals surface area contributed by atoms with Crippen molar-refractivity contribution in [2.75, 3.05) is 20.2 Å². The minimum Gasteiger partial charge on any atom is -0.373 e. The minimum atomic E-state index is -0.297. The number of hydrogen-bond acceptors (Lipinski definition) is 4. The number of carbonyl (C=O) groups excluding carboxylic acids is 1. The number of nitrogens with one attached hydrogen (secondary N) is 1. The molecule has 0 atom stereocenters. The molecule has 1 N–H and O–H groups in total. The van der Waals surface area contributed by atoms with Crippen LogP contribution in [-0.2, 0) is 10.3 Å². The molecule has 5 nitrogen and oxygen atoms in total. The second-order valence-electron chi connectivity index (χ2n) is 6.54. The Balaban J connectivity index is 1.47. The third-order valence-electron chi connectivity index (χ3n) is 5.18. The van der Waals surface area contributed by atoms with Gasteiger partial charge in [-0.2, -0.15) is 5.10 Å². The van der Waals surface area contributed by atoms with Crippen LogP contribution in [0.2, 0.25) is 0 Å². The van der Waals surface area contributed by atoms with E-state index in [-0.39, 0.29) is 11.5 Å². The van der Waals surface area contributed by atoms with Crippen molar-refractivity contribution in [1.29, 1.82) is 0 Å². The summed E-state index contributed by atoms with van der Waals surface area (Å²) in [6.45, 7) is 1.39. The zero-order valence-corrected chi connectivity index (χ0v) is 15.5. The molecular formula is C20H21N3O2S. The van der Waals surface area contributed by atoms with Crippen LogP contribution in [0, 0.1) is 0 Å². The molecular weight excluding hydrogens is 346 g/mol. The summed E-state index contributed by atoms with van der Waals surface area (Å²) in [5.74, 6) is 0.0914. The fourth-order valence-corrected chi connectivity index (χ4v) is 4.46. The van der Waals surface area contributed by atoms with E-state index < -0.39 is 0 Å². The maximum atomic E-state index is 12.9. The number of piperidine rings is 1. The number of rotatable bonds is 4. The number of H-pyrrole nitrogens is 1. The van der Waals surface area contributed by atoms with Crippen molar-refractivity contribution in [3.8, 4) is 10.4 Å². The van der Waals surface area contributed by atoms with Gasteiger partial charge in [0, 0.05) is 42.2 Å². The molecule has 134 valence electrons. The van der Waals surface area contributed by atoms with Crippen LogP contribution in [0.4, 0.5) is 0 Å². The summed E-state index contributed by atoms with van der Waals surface area (Å²) >= 11 is 1.57. The first-order valence-corrected chi connectivity index (χ1v) is 9.57. The van der Waals surface area contributed by atoms with Crippen molar-refractivity contribution in [1.82, 2.24) is 15.1 Å². The van der Waals surface area contributed by atoms with Gasteiger partial charge in [-0.3, -0.25) is 9.89 Å². The van der Waals surface area contributed by atoms with E-state index in [4.69, 9.17) is 4.74 Å². The lowest BCUT2D eigenvalue weighted by atomic mass is 9.84. The summed E-state index contributed by atoms with van der Waals surface area (Å²) in [5, 5.41) is 8.71. The largest absolute Gasteiger partial charge is 0.373 e. The smallest absolute Gasteiger partial charge is 0.254 e. The second-order valence-corrected chi connectivity index (χ2v) is 7.45. The predicted octanol–water partition coefficient (Wildman–Crippen LogP) is 3.92. The Kier molecular flexibility index (Phi) is 4.61. The Bertz CT molecular complexity index is 866. The van der Waals surface area contributed by atoms with Gasteiger partial charge in [-0.05, 0) is 24.5 Å². The summed E-state index contributed by atoms with van der Waals surface area (Å²) in [4.78, 5) is 15.9. The monoisotopic (exact) mass is 367 g/mol. The third-order valence-corrected chi connectivity index (χ3v) is 6.16. The number of amides is 1. The molecule has 1 aliphatic rings. The van der Waals surface area contributed by atoms with E-state index in [0.717, 1.165) is 28.8 Å². The molecule has 26 heavy (non-hydrogen) atoms. The van der Waals surface area contributed by atoms with Crippen molar-refractivity contribution in [2.24, 2.45) is 0 Å². The molecule has 1 aromatic carbocycles. The standard InChI is InChI=1S/C20H21N3O2S/c1-25-20(17-5-3-2-4-6-17)7-9-23(10-8-20)19(24)15-11-18(26-14-15)16-12-21-22-13-16/h2-6,11-14H,7-10H2,1H3,(H,21,22). The normalized spacial score (nSPS) is 16.6. The number of carbonyl (C=O) groups is 1. The summed E-state index contributed by atoms with van der Waals surface area (Å²) in [6.07, 6.45) is 5.22. The first-order chi connectivity index (χ1) is 12.7. The van der Waals surface area contributed by atoms with Gasteiger partial charge < -0.3 is 9.64 Å². The lowest BCUT2D eigenvalue weighted by molar-refractivity contribution is -0.0574. The molecule has 1 fully saturated rings. The number of benzene rings is 1. The molecule has 3 aromatic rings. The van der Waals surface area contributed by atoms with E-state index >= 15 is 0 Å². The molecule has 2 aromatic heterocycles. The van der Waals surface area contributed by atoms with Gasteiger partial charge in [-0.1, -0.05) is 30.3 Å². The Hall–Kier alpha value is -2.44. The van der Waals surface area contributed by atoms with Crippen LogP contribution in [0.5, 0.6) is 0 Å². The zero-order valence-electron chi connectivity index (χ0n) is 14.6. The van der Waals surface area contributed by atoms with Crippen molar-refractivity contribution in [2.45, 2.75) is 18.4 Å². The number of nitrogens with zero attached hydrogens (tertiary/aromatic N) is 2. The summed E-state index contributed by atoms with van der Waals surface area (Å²) in [5.41, 5.74) is 2.65. The van der Waals surface area contributed by atoms with Gasteiger partial charge in [0.1, 0.15) is 0 Å². The van der Waals surface area contributed by atoms with Gasteiger partial charge in [0.2, 0.25) is 0 Å². The van der Waals surface area contributed by atoms with E-state index in [0.29, 0.717) is 13.1 Å². The fraction of sp³-hybridized carbons (Fsp3) is 0.300. The quantitative estimate of drug-likeness (QED) is 0.760. The molecule has 3 heterocycles. The number of hydrogen-bond donors (Lipinski definition) is 1. The predicted molar refractivity (Wildman–Crippen MR) is 102 cm³/mol. The van der Waals surface area contributed by atoms with E-state index in [9.17, 15) is 4.79 Å². The summed E-state index contributed by atoms with van der Waals surface area (Å²) in [7, 11) is 1.76. The van der Waals surface area contributed by atoms with E-state index in [2.05, 4.69) is 22.3 Å².